The van der Waals surface area contributed by atoms with Gasteiger partial charge in [-0.05, 0) is 56.3 Å². The van der Waals surface area contributed by atoms with Crippen LogP contribution in [0.1, 0.15) is 22.8 Å². The van der Waals surface area contributed by atoms with Crippen molar-refractivity contribution in [3.63, 3.8) is 0 Å². The maximum atomic E-state index is 12.7. The molecule has 0 aliphatic carbocycles. The number of ether oxygens (including phenoxy) is 2. The second-order valence-electron chi connectivity index (χ2n) is 7.28. The van der Waals surface area contributed by atoms with Crippen molar-refractivity contribution in [2.24, 2.45) is 0 Å². The molecule has 1 atom stereocenters. The van der Waals surface area contributed by atoms with Crippen LogP contribution in [0, 0.1) is 6.92 Å². The zero-order valence-corrected chi connectivity index (χ0v) is 20.3. The van der Waals surface area contributed by atoms with E-state index in [4.69, 9.17) is 21.1 Å². The minimum Gasteiger partial charge on any atom is -0.495 e. The number of nitrogens with one attached hydrogen (secondary N) is 2. The van der Waals surface area contributed by atoms with Crippen molar-refractivity contribution in [2.75, 3.05) is 24.9 Å². The molecule has 0 radical (unpaired) electrons. The fourth-order valence-corrected chi connectivity index (χ4v) is 4.16. The summed E-state index contributed by atoms with van der Waals surface area (Å²) in [6.07, 6.45) is 0. The van der Waals surface area contributed by atoms with E-state index in [9.17, 15) is 9.59 Å². The number of benzene rings is 3. The quantitative estimate of drug-likeness (QED) is 0.381. The van der Waals surface area contributed by atoms with Crippen LogP contribution in [0.5, 0.6) is 11.5 Å². The number of carbonyl (C=O) groups is 2. The Balaban J connectivity index is 1.61. The molecule has 0 aliphatic rings. The van der Waals surface area contributed by atoms with E-state index in [-0.39, 0.29) is 17.1 Å². The molecular weight excluding hydrogens is 460 g/mol. The summed E-state index contributed by atoms with van der Waals surface area (Å²) in [4.78, 5) is 26.0. The van der Waals surface area contributed by atoms with E-state index in [0.29, 0.717) is 33.5 Å². The minimum absolute atomic E-state index is 0.168. The normalized spacial score (nSPS) is 11.4. The second-order valence-corrected chi connectivity index (χ2v) is 9.11. The molecule has 3 aromatic rings. The largest absolute Gasteiger partial charge is 0.495 e. The van der Waals surface area contributed by atoms with Crippen LogP contribution in [0.3, 0.4) is 0 Å². The lowest BCUT2D eigenvalue weighted by Crippen LogP contribution is -2.22. The smallest absolute Gasteiger partial charge is 0.255 e. The van der Waals surface area contributed by atoms with Gasteiger partial charge in [0.1, 0.15) is 11.5 Å². The maximum absolute atomic E-state index is 12.7. The van der Waals surface area contributed by atoms with Gasteiger partial charge in [0.15, 0.2) is 0 Å². The number of aryl methyl sites for hydroxylation is 1. The van der Waals surface area contributed by atoms with Crippen LogP contribution in [-0.2, 0) is 4.79 Å². The highest BCUT2D eigenvalue weighted by atomic mass is 35.5. The van der Waals surface area contributed by atoms with Crippen LogP contribution < -0.4 is 20.1 Å². The lowest BCUT2D eigenvalue weighted by Gasteiger charge is -2.16. The lowest BCUT2D eigenvalue weighted by molar-refractivity contribution is -0.115. The van der Waals surface area contributed by atoms with Gasteiger partial charge >= 0.3 is 0 Å². The third-order valence-electron chi connectivity index (χ3n) is 4.81. The van der Waals surface area contributed by atoms with Gasteiger partial charge in [-0.15, -0.1) is 11.8 Å². The van der Waals surface area contributed by atoms with E-state index in [1.54, 1.807) is 18.2 Å². The van der Waals surface area contributed by atoms with Gasteiger partial charge in [0, 0.05) is 22.2 Å². The Kier molecular flexibility index (Phi) is 8.25. The average Bonchev–Trinajstić information content (AvgIpc) is 2.80. The van der Waals surface area contributed by atoms with Gasteiger partial charge in [0.05, 0.1) is 30.2 Å². The number of hydrogen-bond donors (Lipinski definition) is 2. The van der Waals surface area contributed by atoms with Gasteiger partial charge in [0.25, 0.3) is 5.91 Å². The molecule has 172 valence electrons. The van der Waals surface area contributed by atoms with Crippen LogP contribution in [-0.4, -0.2) is 31.3 Å². The Morgan fingerprint density at radius 2 is 1.64 bits per heavy atom. The predicted molar refractivity (Wildman–Crippen MR) is 134 cm³/mol. The summed E-state index contributed by atoms with van der Waals surface area (Å²) in [6.45, 7) is 3.75. The molecule has 0 fully saturated rings. The number of halogens is 1. The van der Waals surface area contributed by atoms with E-state index < -0.39 is 0 Å². The molecule has 0 saturated carbocycles. The van der Waals surface area contributed by atoms with Crippen molar-refractivity contribution >= 4 is 46.6 Å². The van der Waals surface area contributed by atoms with Crippen molar-refractivity contribution in [3.8, 4) is 11.5 Å². The summed E-state index contributed by atoms with van der Waals surface area (Å²) in [5, 5.41) is 5.72. The number of amides is 2. The topological polar surface area (TPSA) is 76.7 Å². The molecule has 0 aromatic heterocycles. The van der Waals surface area contributed by atoms with E-state index in [1.165, 1.54) is 26.0 Å². The van der Waals surface area contributed by atoms with Crippen LogP contribution in [0.25, 0.3) is 0 Å². The molecule has 2 N–H and O–H groups in total. The summed E-state index contributed by atoms with van der Waals surface area (Å²) < 4.78 is 10.5. The Morgan fingerprint density at radius 3 is 2.27 bits per heavy atom. The molecule has 3 rings (SSSR count). The van der Waals surface area contributed by atoms with E-state index in [0.717, 1.165) is 10.5 Å². The van der Waals surface area contributed by atoms with Crippen molar-refractivity contribution in [2.45, 2.75) is 24.0 Å². The summed E-state index contributed by atoms with van der Waals surface area (Å²) in [7, 11) is 3.02. The van der Waals surface area contributed by atoms with Gasteiger partial charge in [0.2, 0.25) is 5.91 Å². The van der Waals surface area contributed by atoms with Gasteiger partial charge in [-0.3, -0.25) is 9.59 Å². The van der Waals surface area contributed by atoms with E-state index in [1.807, 2.05) is 56.3 Å². The monoisotopic (exact) mass is 484 g/mol. The first kappa shape index (κ1) is 24.5. The van der Waals surface area contributed by atoms with Crippen LogP contribution >= 0.6 is 23.4 Å². The van der Waals surface area contributed by atoms with Crippen molar-refractivity contribution < 1.29 is 19.1 Å². The van der Waals surface area contributed by atoms with E-state index in [2.05, 4.69) is 10.6 Å². The standard InChI is InChI=1S/C25H25ClN2O4S/c1-15-6-5-7-17(12-15)25(30)27-18-8-10-19(11-9-18)33-16(2)24(29)28-21-13-20(26)22(31-3)14-23(21)32-4/h5-14,16H,1-4H3,(H,27,30)(H,28,29). The Hall–Kier alpha value is -3.16. The zero-order chi connectivity index (χ0) is 24.0. The molecule has 2 amide bonds. The fraction of sp³-hybridized carbons (Fsp3) is 0.200. The third kappa shape index (κ3) is 6.43. The van der Waals surface area contributed by atoms with Crippen LogP contribution in [0.15, 0.2) is 65.6 Å². The first-order chi connectivity index (χ1) is 15.8. The number of carbonyl (C=O) groups excluding carboxylic acids is 2. The Morgan fingerprint density at radius 1 is 0.939 bits per heavy atom. The Labute approximate surface area is 202 Å². The van der Waals surface area contributed by atoms with Gasteiger partial charge < -0.3 is 20.1 Å². The highest BCUT2D eigenvalue weighted by Crippen LogP contribution is 2.36. The Bertz CT molecular complexity index is 1150. The molecule has 0 heterocycles. The summed E-state index contributed by atoms with van der Waals surface area (Å²) >= 11 is 7.58. The first-order valence-corrected chi connectivity index (χ1v) is 11.4. The van der Waals surface area contributed by atoms with Crippen molar-refractivity contribution in [1.29, 1.82) is 0 Å². The molecule has 8 heteroatoms. The lowest BCUT2D eigenvalue weighted by atomic mass is 10.1. The SMILES string of the molecule is COc1cc(OC)c(NC(=O)C(C)Sc2ccc(NC(=O)c3cccc(C)c3)cc2)cc1Cl. The molecule has 0 aliphatic heterocycles. The van der Waals surface area contributed by atoms with Gasteiger partial charge in [-0.25, -0.2) is 0 Å². The summed E-state index contributed by atoms with van der Waals surface area (Å²) in [5.74, 6) is 0.550. The summed E-state index contributed by atoms with van der Waals surface area (Å²) in [5.41, 5.74) is 2.78. The number of thioether (sulfide) groups is 1. The average molecular weight is 485 g/mol. The number of hydrogen-bond acceptors (Lipinski definition) is 5. The molecule has 3 aromatic carbocycles. The van der Waals surface area contributed by atoms with Crippen molar-refractivity contribution in [3.05, 3.63) is 76.8 Å². The molecule has 1 unspecified atom stereocenters. The molecule has 6 nitrogen and oxygen atoms in total. The number of anilines is 2. The van der Waals surface area contributed by atoms with Crippen LogP contribution in [0.2, 0.25) is 5.02 Å². The minimum atomic E-state index is -0.386. The molecular formula is C25H25ClN2O4S. The number of rotatable bonds is 8. The highest BCUT2D eigenvalue weighted by molar-refractivity contribution is 8.00. The van der Waals surface area contributed by atoms with Gasteiger partial charge in [-0.1, -0.05) is 29.3 Å². The maximum Gasteiger partial charge on any atom is 0.255 e. The van der Waals surface area contributed by atoms with Crippen LogP contribution in [0.4, 0.5) is 11.4 Å². The molecule has 33 heavy (non-hydrogen) atoms. The zero-order valence-electron chi connectivity index (χ0n) is 18.8. The molecule has 0 spiro atoms. The number of methoxy groups -OCH3 is 2. The van der Waals surface area contributed by atoms with Crippen molar-refractivity contribution in [1.82, 2.24) is 0 Å². The third-order valence-corrected chi connectivity index (χ3v) is 6.21. The first-order valence-electron chi connectivity index (χ1n) is 10.2. The van der Waals surface area contributed by atoms with Gasteiger partial charge in [-0.2, -0.15) is 0 Å². The second kappa shape index (κ2) is 11.1. The van der Waals surface area contributed by atoms with E-state index >= 15 is 0 Å². The molecule has 0 saturated heterocycles. The molecule has 0 bridgehead atoms. The predicted octanol–water partition coefficient (Wildman–Crippen LogP) is 6.04. The highest BCUT2D eigenvalue weighted by Gasteiger charge is 2.18. The fourth-order valence-electron chi connectivity index (χ4n) is 3.06. The summed E-state index contributed by atoms with van der Waals surface area (Å²) in [6, 6.07) is 18.0.